The van der Waals surface area contributed by atoms with Crippen LogP contribution in [0.1, 0.15) is 86.5 Å². The fourth-order valence-corrected chi connectivity index (χ4v) is 4.12. The number of hydrogen-bond acceptors (Lipinski definition) is 2. The van der Waals surface area contributed by atoms with E-state index in [0.717, 1.165) is 18.8 Å². The van der Waals surface area contributed by atoms with Crippen LogP contribution in [0.2, 0.25) is 0 Å². The van der Waals surface area contributed by atoms with Gasteiger partial charge in [0.05, 0.1) is 0 Å². The van der Waals surface area contributed by atoms with Gasteiger partial charge in [0, 0.05) is 0 Å². The van der Waals surface area contributed by atoms with E-state index in [1.54, 1.807) is 0 Å². The molecule has 0 aromatic carbocycles. The molecule has 0 aromatic rings. The van der Waals surface area contributed by atoms with Crippen LogP contribution in [0.25, 0.3) is 0 Å². The summed E-state index contributed by atoms with van der Waals surface area (Å²) in [5.41, 5.74) is -0.651. The molecule has 0 saturated heterocycles. The molecule has 1 radical (unpaired) electrons. The van der Waals surface area contributed by atoms with Crippen molar-refractivity contribution in [3.8, 4) is 0 Å². The number of rotatable bonds is 5. The second kappa shape index (κ2) is 6.79. The molecular weight excluding hydrogens is 248 g/mol. The van der Waals surface area contributed by atoms with E-state index in [9.17, 15) is 5.26 Å². The molecule has 0 aliphatic heterocycles. The quantitative estimate of drug-likeness (QED) is 0.505. The normalized spacial score (nSPS) is 19.4. The van der Waals surface area contributed by atoms with Gasteiger partial charge in [-0.3, -0.25) is 5.26 Å². The van der Waals surface area contributed by atoms with Crippen molar-refractivity contribution in [2.24, 2.45) is 16.7 Å². The van der Waals surface area contributed by atoms with E-state index in [0.29, 0.717) is 0 Å². The molecular formula is C18H35O2. The standard InChI is InChI=1S/C18H35O2/c1-16(2,3)18(20-19,17(4,5)6)14-10-13-15-11-8-7-9-12-15/h7,15,19H,8-14H2,1-6H3. The molecule has 0 spiro atoms. The van der Waals surface area contributed by atoms with Gasteiger partial charge in [-0.05, 0) is 42.4 Å². The van der Waals surface area contributed by atoms with Gasteiger partial charge in [-0.25, -0.2) is 4.89 Å². The van der Waals surface area contributed by atoms with Crippen molar-refractivity contribution in [2.45, 2.75) is 92.1 Å². The van der Waals surface area contributed by atoms with Gasteiger partial charge in [0.2, 0.25) is 0 Å². The van der Waals surface area contributed by atoms with Crippen LogP contribution in [0.15, 0.2) is 0 Å². The molecule has 2 heteroatoms. The Balaban J connectivity index is 2.65. The maximum Gasteiger partial charge on any atom is 0.113 e. The van der Waals surface area contributed by atoms with E-state index in [4.69, 9.17) is 4.89 Å². The highest BCUT2D eigenvalue weighted by Gasteiger charge is 2.52. The fourth-order valence-electron chi connectivity index (χ4n) is 4.12. The Labute approximate surface area is 126 Å². The molecule has 2 nitrogen and oxygen atoms in total. The minimum absolute atomic E-state index is 0.0830. The van der Waals surface area contributed by atoms with E-state index in [1.807, 2.05) is 0 Å². The van der Waals surface area contributed by atoms with Crippen molar-refractivity contribution in [3.05, 3.63) is 6.42 Å². The summed E-state index contributed by atoms with van der Waals surface area (Å²) < 4.78 is 0. The molecule has 0 atom stereocenters. The van der Waals surface area contributed by atoms with E-state index < -0.39 is 5.60 Å². The summed E-state index contributed by atoms with van der Waals surface area (Å²) in [6.07, 6.45) is 11.0. The third-order valence-electron chi connectivity index (χ3n) is 5.28. The minimum Gasteiger partial charge on any atom is -0.251 e. The molecule has 1 fully saturated rings. The molecule has 0 heterocycles. The first-order chi connectivity index (χ1) is 9.14. The first kappa shape index (κ1) is 18.0. The summed E-state index contributed by atoms with van der Waals surface area (Å²) in [5.74, 6) is 0.872. The first-order valence-electron chi connectivity index (χ1n) is 8.28. The van der Waals surface area contributed by atoms with Crippen LogP contribution in [-0.4, -0.2) is 10.9 Å². The molecule has 1 saturated carbocycles. The molecule has 1 N–H and O–H groups in total. The van der Waals surface area contributed by atoms with Crippen molar-refractivity contribution < 1.29 is 10.1 Å². The molecule has 1 rings (SSSR count). The Kier molecular flexibility index (Phi) is 6.10. The first-order valence-corrected chi connectivity index (χ1v) is 8.28. The van der Waals surface area contributed by atoms with Crippen molar-refractivity contribution in [3.63, 3.8) is 0 Å². The second-order valence-electron chi connectivity index (χ2n) is 8.62. The lowest BCUT2D eigenvalue weighted by Crippen LogP contribution is -2.54. The maximum absolute atomic E-state index is 9.68. The van der Waals surface area contributed by atoms with Crippen molar-refractivity contribution >= 4 is 0 Å². The highest BCUT2D eigenvalue weighted by Crippen LogP contribution is 2.49. The Morgan fingerprint density at radius 3 is 1.90 bits per heavy atom. The highest BCUT2D eigenvalue weighted by molar-refractivity contribution is 5.00. The summed E-state index contributed by atoms with van der Waals surface area (Å²) in [5, 5.41) is 9.68. The zero-order valence-corrected chi connectivity index (χ0v) is 14.5. The van der Waals surface area contributed by atoms with Gasteiger partial charge in [-0.2, -0.15) is 0 Å². The molecule has 0 amide bonds. The van der Waals surface area contributed by atoms with Gasteiger partial charge in [-0.15, -0.1) is 0 Å². The maximum atomic E-state index is 9.68. The zero-order chi connectivity index (χ0) is 15.4. The summed E-state index contributed by atoms with van der Waals surface area (Å²) in [4.78, 5) is 5.15. The average Bonchev–Trinajstić information content (AvgIpc) is 2.33. The molecule has 119 valence electrons. The van der Waals surface area contributed by atoms with E-state index >= 15 is 0 Å². The van der Waals surface area contributed by atoms with Gasteiger partial charge in [0.15, 0.2) is 0 Å². The van der Waals surface area contributed by atoms with Crippen molar-refractivity contribution in [1.82, 2.24) is 0 Å². The molecule has 0 unspecified atom stereocenters. The smallest absolute Gasteiger partial charge is 0.113 e. The summed E-state index contributed by atoms with van der Waals surface area (Å²) in [6.45, 7) is 13.0. The molecule has 0 aromatic heterocycles. The summed E-state index contributed by atoms with van der Waals surface area (Å²) >= 11 is 0. The lowest BCUT2D eigenvalue weighted by atomic mass is 9.60. The van der Waals surface area contributed by atoms with Gasteiger partial charge >= 0.3 is 0 Å². The van der Waals surface area contributed by atoms with E-state index in [2.05, 4.69) is 48.0 Å². The van der Waals surface area contributed by atoms with Gasteiger partial charge in [0.1, 0.15) is 5.60 Å². The van der Waals surface area contributed by atoms with Crippen LogP contribution in [0.4, 0.5) is 0 Å². The Bertz CT molecular complexity index is 263. The zero-order valence-electron chi connectivity index (χ0n) is 14.5. The molecule has 20 heavy (non-hydrogen) atoms. The minimum atomic E-state index is -0.485. The fraction of sp³-hybridized carbons (Fsp3) is 0.944. The number of hydrogen-bond donors (Lipinski definition) is 1. The van der Waals surface area contributed by atoms with E-state index in [-0.39, 0.29) is 10.8 Å². The van der Waals surface area contributed by atoms with Gasteiger partial charge < -0.3 is 0 Å². The topological polar surface area (TPSA) is 29.5 Å². The van der Waals surface area contributed by atoms with Crippen LogP contribution in [0.3, 0.4) is 0 Å². The summed E-state index contributed by atoms with van der Waals surface area (Å²) in [7, 11) is 0. The third-order valence-corrected chi connectivity index (χ3v) is 5.28. The molecule has 0 bridgehead atoms. The van der Waals surface area contributed by atoms with Crippen LogP contribution in [0.5, 0.6) is 0 Å². The highest BCUT2D eigenvalue weighted by atomic mass is 17.1. The van der Waals surface area contributed by atoms with Crippen molar-refractivity contribution in [1.29, 1.82) is 0 Å². The predicted octanol–water partition coefficient (Wildman–Crippen LogP) is 5.87. The van der Waals surface area contributed by atoms with Crippen molar-refractivity contribution in [2.75, 3.05) is 0 Å². The van der Waals surface area contributed by atoms with Gasteiger partial charge in [-0.1, -0.05) is 67.2 Å². The Hall–Kier alpha value is -0.0800. The lowest BCUT2D eigenvalue weighted by Gasteiger charge is -2.51. The monoisotopic (exact) mass is 283 g/mol. The second-order valence-corrected chi connectivity index (χ2v) is 8.62. The third kappa shape index (κ3) is 3.98. The van der Waals surface area contributed by atoms with Gasteiger partial charge in [0.25, 0.3) is 0 Å². The van der Waals surface area contributed by atoms with Crippen LogP contribution >= 0.6 is 0 Å². The largest absolute Gasteiger partial charge is 0.251 e. The predicted molar refractivity (Wildman–Crippen MR) is 85.5 cm³/mol. The Morgan fingerprint density at radius 2 is 1.50 bits per heavy atom. The van der Waals surface area contributed by atoms with E-state index in [1.165, 1.54) is 32.1 Å². The lowest BCUT2D eigenvalue weighted by molar-refractivity contribution is -0.379. The van der Waals surface area contributed by atoms with Crippen LogP contribution in [0, 0.1) is 23.2 Å². The molecule has 1 aliphatic rings. The average molecular weight is 283 g/mol. The van der Waals surface area contributed by atoms with Crippen LogP contribution in [-0.2, 0) is 4.89 Å². The summed E-state index contributed by atoms with van der Waals surface area (Å²) in [6, 6.07) is 0. The molecule has 1 aliphatic carbocycles. The van der Waals surface area contributed by atoms with Crippen LogP contribution < -0.4 is 0 Å². The SMILES string of the molecule is CC(C)(C)C(CCCC1CC[CH]CC1)(OO)C(C)(C)C. The Morgan fingerprint density at radius 1 is 1.00 bits per heavy atom.